The molecule has 160 valence electrons. The number of aromatic nitrogens is 2. The maximum Gasteiger partial charge on any atom is 0.573 e. The second-order valence-electron chi connectivity index (χ2n) is 5.38. The van der Waals surface area contributed by atoms with Gasteiger partial charge in [0.25, 0.3) is 0 Å². The summed E-state index contributed by atoms with van der Waals surface area (Å²) in [6.45, 7) is 0.589. The maximum atomic E-state index is 12.3. The number of thioether (sulfide) groups is 1. The third-order valence-electron chi connectivity index (χ3n) is 3.32. The lowest BCUT2D eigenvalue weighted by atomic mass is 10.3. The molecule has 0 bridgehead atoms. The molecule has 30 heavy (non-hydrogen) atoms. The number of pyridine rings is 1. The van der Waals surface area contributed by atoms with Crippen molar-refractivity contribution in [1.82, 2.24) is 9.55 Å². The van der Waals surface area contributed by atoms with Crippen molar-refractivity contribution < 1.29 is 37.7 Å². The quantitative estimate of drug-likeness (QED) is 0.393. The van der Waals surface area contributed by atoms with Gasteiger partial charge in [0.15, 0.2) is 4.80 Å². The minimum atomic E-state index is -4.72. The Bertz CT molecular complexity index is 1070. The number of aryl methyl sites for hydroxylation is 1. The number of hydrogen-bond acceptors (Lipinski definition) is 7. The lowest BCUT2D eigenvalue weighted by molar-refractivity contribution is -0.274. The standard InChI is InChI=1S/C15H12F3N3OS2.C2H2O4/c16-15(17,18)22-10-1-2-12-13(9-10)24-14(19)21(12)7-8-23-11-3-5-20-6-4-11;3-1(4)2(5)6/h1-6,9,19H,7-8H2;(H,3,4)(H,5,6). The van der Waals surface area contributed by atoms with E-state index >= 15 is 0 Å². The number of benzene rings is 1. The SMILES string of the molecule is N=c1sc2cc(OC(F)(F)F)ccc2n1CCSc1ccncc1.O=C(O)C(=O)O. The van der Waals surface area contributed by atoms with E-state index in [2.05, 4.69) is 9.72 Å². The molecular formula is C17H14F3N3O5S2. The first-order valence-electron chi connectivity index (χ1n) is 7.99. The molecule has 2 heterocycles. The van der Waals surface area contributed by atoms with E-state index in [1.54, 1.807) is 34.8 Å². The van der Waals surface area contributed by atoms with Crippen LogP contribution in [0.15, 0.2) is 47.6 Å². The third-order valence-corrected chi connectivity index (χ3v) is 5.28. The summed E-state index contributed by atoms with van der Waals surface area (Å²) in [5.41, 5.74) is 0.731. The number of carboxylic acids is 2. The number of nitrogens with one attached hydrogen (secondary N) is 1. The first-order valence-corrected chi connectivity index (χ1v) is 9.80. The lowest BCUT2D eigenvalue weighted by Crippen LogP contribution is -2.17. The van der Waals surface area contributed by atoms with Gasteiger partial charge in [-0.05, 0) is 30.3 Å². The highest BCUT2D eigenvalue weighted by Gasteiger charge is 2.31. The van der Waals surface area contributed by atoms with Crippen LogP contribution in [-0.4, -0.2) is 43.8 Å². The van der Waals surface area contributed by atoms with Crippen molar-refractivity contribution in [3.05, 3.63) is 47.5 Å². The Kier molecular flexibility index (Phi) is 7.83. The Balaban J connectivity index is 0.000000469. The van der Waals surface area contributed by atoms with E-state index in [1.165, 1.54) is 12.1 Å². The summed E-state index contributed by atoms with van der Waals surface area (Å²) in [5, 5.41) is 22.8. The average molecular weight is 461 g/mol. The van der Waals surface area contributed by atoms with E-state index in [9.17, 15) is 13.2 Å². The van der Waals surface area contributed by atoms with E-state index in [4.69, 9.17) is 25.2 Å². The molecule has 0 saturated carbocycles. The van der Waals surface area contributed by atoms with Crippen molar-refractivity contribution in [3.63, 3.8) is 0 Å². The molecule has 0 spiro atoms. The zero-order valence-electron chi connectivity index (χ0n) is 14.9. The molecule has 0 radical (unpaired) electrons. The summed E-state index contributed by atoms with van der Waals surface area (Å²) in [6, 6.07) is 7.96. The maximum absolute atomic E-state index is 12.3. The lowest BCUT2D eigenvalue weighted by Gasteiger charge is -2.09. The average Bonchev–Trinajstić information content (AvgIpc) is 2.96. The van der Waals surface area contributed by atoms with Crippen molar-refractivity contribution in [2.75, 3.05) is 5.75 Å². The number of fused-ring (bicyclic) bond motifs is 1. The number of thiazole rings is 1. The van der Waals surface area contributed by atoms with Crippen LogP contribution in [0, 0.1) is 5.41 Å². The summed E-state index contributed by atoms with van der Waals surface area (Å²) in [4.78, 5) is 23.5. The van der Waals surface area contributed by atoms with Crippen molar-refractivity contribution in [3.8, 4) is 5.75 Å². The highest BCUT2D eigenvalue weighted by atomic mass is 32.2. The topological polar surface area (TPSA) is 126 Å². The molecule has 0 saturated heterocycles. The van der Waals surface area contributed by atoms with Crippen LogP contribution in [0.25, 0.3) is 10.2 Å². The summed E-state index contributed by atoms with van der Waals surface area (Å²) >= 11 is 2.76. The van der Waals surface area contributed by atoms with Gasteiger partial charge in [-0.25, -0.2) is 9.59 Å². The number of halogens is 3. The Morgan fingerprint density at radius 2 is 1.80 bits per heavy atom. The van der Waals surface area contributed by atoms with E-state index in [0.29, 0.717) is 16.0 Å². The third kappa shape index (κ3) is 7.08. The molecule has 3 N–H and O–H groups in total. The Hall–Kier alpha value is -3.06. The number of ether oxygens (including phenoxy) is 1. The molecule has 0 atom stereocenters. The van der Waals surface area contributed by atoms with Crippen molar-refractivity contribution in [1.29, 1.82) is 5.41 Å². The predicted octanol–water partition coefficient (Wildman–Crippen LogP) is 3.42. The van der Waals surface area contributed by atoms with Crippen LogP contribution in [0.1, 0.15) is 0 Å². The van der Waals surface area contributed by atoms with Crippen LogP contribution in [0.2, 0.25) is 0 Å². The molecule has 0 amide bonds. The molecule has 13 heteroatoms. The van der Waals surface area contributed by atoms with E-state index in [-0.39, 0.29) is 5.75 Å². The molecule has 2 aromatic heterocycles. The van der Waals surface area contributed by atoms with Crippen LogP contribution in [0.3, 0.4) is 0 Å². The van der Waals surface area contributed by atoms with Crippen LogP contribution < -0.4 is 9.54 Å². The van der Waals surface area contributed by atoms with Gasteiger partial charge in [0, 0.05) is 29.6 Å². The molecule has 0 aliphatic carbocycles. The fourth-order valence-corrected chi connectivity index (χ4v) is 3.97. The minimum Gasteiger partial charge on any atom is -0.473 e. The Morgan fingerprint density at radius 3 is 2.37 bits per heavy atom. The van der Waals surface area contributed by atoms with Gasteiger partial charge >= 0.3 is 18.3 Å². The largest absolute Gasteiger partial charge is 0.573 e. The Labute approximate surface area is 175 Å². The number of carbonyl (C=O) groups is 2. The molecular weight excluding hydrogens is 447 g/mol. The number of alkyl halides is 3. The van der Waals surface area contributed by atoms with Gasteiger partial charge in [-0.3, -0.25) is 10.4 Å². The molecule has 0 aliphatic heterocycles. The van der Waals surface area contributed by atoms with Gasteiger partial charge in [0.2, 0.25) is 0 Å². The highest BCUT2D eigenvalue weighted by Crippen LogP contribution is 2.28. The van der Waals surface area contributed by atoms with Gasteiger partial charge in [0.05, 0.1) is 10.2 Å². The number of hydrogen-bond donors (Lipinski definition) is 3. The monoisotopic (exact) mass is 461 g/mol. The molecule has 0 unspecified atom stereocenters. The van der Waals surface area contributed by atoms with E-state index in [0.717, 1.165) is 27.5 Å². The number of nitrogens with zero attached hydrogens (tertiary/aromatic N) is 2. The fourth-order valence-electron chi connectivity index (χ4n) is 2.18. The zero-order valence-corrected chi connectivity index (χ0v) is 16.6. The first kappa shape index (κ1) is 23.2. The van der Waals surface area contributed by atoms with Gasteiger partial charge in [0.1, 0.15) is 5.75 Å². The van der Waals surface area contributed by atoms with E-state index < -0.39 is 18.3 Å². The van der Waals surface area contributed by atoms with Gasteiger partial charge in [-0.15, -0.1) is 24.9 Å². The summed E-state index contributed by atoms with van der Waals surface area (Å²) in [5.74, 6) is -3.17. The minimum absolute atomic E-state index is 0.269. The molecule has 8 nitrogen and oxygen atoms in total. The molecule has 1 aromatic carbocycles. The zero-order chi connectivity index (χ0) is 22.3. The van der Waals surface area contributed by atoms with E-state index in [1.807, 2.05) is 12.1 Å². The van der Waals surface area contributed by atoms with Crippen LogP contribution >= 0.6 is 23.1 Å². The summed E-state index contributed by atoms with van der Waals surface area (Å²) < 4.78 is 43.2. The predicted molar refractivity (Wildman–Crippen MR) is 103 cm³/mol. The fraction of sp³-hybridized carbons (Fsp3) is 0.176. The normalized spacial score (nSPS) is 10.9. The van der Waals surface area contributed by atoms with Gasteiger partial charge < -0.3 is 19.5 Å². The summed E-state index contributed by atoms with van der Waals surface area (Å²) in [7, 11) is 0. The molecule has 0 fully saturated rings. The molecule has 3 aromatic rings. The van der Waals surface area contributed by atoms with Crippen LogP contribution in [-0.2, 0) is 16.1 Å². The van der Waals surface area contributed by atoms with Gasteiger partial charge in [-0.1, -0.05) is 11.3 Å². The number of rotatable bonds is 5. The van der Waals surface area contributed by atoms with Crippen molar-refractivity contribution >= 4 is 45.3 Å². The van der Waals surface area contributed by atoms with Crippen molar-refractivity contribution in [2.45, 2.75) is 17.8 Å². The Morgan fingerprint density at radius 1 is 1.17 bits per heavy atom. The van der Waals surface area contributed by atoms with Crippen LogP contribution in [0.5, 0.6) is 5.75 Å². The highest BCUT2D eigenvalue weighted by molar-refractivity contribution is 7.99. The van der Waals surface area contributed by atoms with Gasteiger partial charge in [-0.2, -0.15) is 0 Å². The molecule has 3 rings (SSSR count). The first-order chi connectivity index (χ1) is 14.1. The van der Waals surface area contributed by atoms with Crippen molar-refractivity contribution in [2.24, 2.45) is 0 Å². The second-order valence-corrected chi connectivity index (χ2v) is 7.58. The second kappa shape index (κ2) is 10.1. The number of aliphatic carboxylic acids is 2. The molecule has 0 aliphatic rings. The smallest absolute Gasteiger partial charge is 0.473 e. The van der Waals surface area contributed by atoms with Crippen LogP contribution in [0.4, 0.5) is 13.2 Å². The summed E-state index contributed by atoms with van der Waals surface area (Å²) in [6.07, 6.45) is -1.28. The number of carboxylic acid groups (broad SMARTS) is 2.